The molecule has 0 atom stereocenters. The number of esters is 1. The molecule has 3 heterocycles. The fraction of sp³-hybridized carbons (Fsp3) is 0.450. The molecule has 0 aliphatic carbocycles. The van der Waals surface area contributed by atoms with Gasteiger partial charge < -0.3 is 19.9 Å². The van der Waals surface area contributed by atoms with E-state index >= 15 is 0 Å². The molecule has 1 amide bonds. The molecule has 2 aromatic rings. The summed E-state index contributed by atoms with van der Waals surface area (Å²) in [5, 5.41) is 15.3. The van der Waals surface area contributed by atoms with Crippen molar-refractivity contribution < 1.29 is 19.6 Å². The van der Waals surface area contributed by atoms with Crippen LogP contribution in [0.1, 0.15) is 54.2 Å². The standard InChI is InChI=1S/C20H24N4O3S/c1-19(2)9-12-13(10-21)17(28-16(12)20(3,4)23-19)22-15(25)11-27-18(26)14-7-6-8-24(14)5/h6-8,23H,9,11H2,1-5H3,(H,22,25)/p+1. The minimum atomic E-state index is -0.564. The zero-order valence-electron chi connectivity index (χ0n) is 16.8. The lowest BCUT2D eigenvalue weighted by molar-refractivity contribution is -0.789. The molecule has 1 aliphatic rings. The first kappa shape index (κ1) is 20.1. The second-order valence-electron chi connectivity index (χ2n) is 8.39. The van der Waals surface area contributed by atoms with Crippen molar-refractivity contribution in [2.45, 2.75) is 45.2 Å². The highest BCUT2D eigenvalue weighted by atomic mass is 32.1. The molecule has 0 bridgehead atoms. The molecule has 2 aromatic heterocycles. The molecule has 0 saturated carbocycles. The number of quaternary nitrogens is 1. The number of fused-ring (bicyclic) bond motifs is 1. The molecular weight excluding hydrogens is 376 g/mol. The van der Waals surface area contributed by atoms with Crippen LogP contribution in [0.15, 0.2) is 18.3 Å². The number of aromatic nitrogens is 1. The molecule has 3 rings (SSSR count). The molecule has 0 aromatic carbocycles. The average molecular weight is 402 g/mol. The third kappa shape index (κ3) is 3.81. The number of hydrogen-bond acceptors (Lipinski definition) is 5. The van der Waals surface area contributed by atoms with Crippen molar-refractivity contribution in [1.29, 1.82) is 5.26 Å². The number of rotatable bonds is 4. The van der Waals surface area contributed by atoms with Crippen LogP contribution in [0.2, 0.25) is 0 Å². The van der Waals surface area contributed by atoms with Crippen LogP contribution in [-0.4, -0.2) is 28.6 Å². The maximum Gasteiger partial charge on any atom is 0.355 e. The molecule has 0 saturated heterocycles. The third-order valence-electron chi connectivity index (χ3n) is 4.83. The summed E-state index contributed by atoms with van der Waals surface area (Å²) in [7, 11) is 1.73. The maximum atomic E-state index is 12.3. The van der Waals surface area contributed by atoms with Gasteiger partial charge in [-0.3, -0.25) is 4.79 Å². The highest BCUT2D eigenvalue weighted by Crippen LogP contribution is 2.41. The van der Waals surface area contributed by atoms with Gasteiger partial charge >= 0.3 is 5.97 Å². The maximum absolute atomic E-state index is 12.3. The fourth-order valence-electron chi connectivity index (χ4n) is 3.95. The number of nitrogens with zero attached hydrogens (tertiary/aromatic N) is 2. The van der Waals surface area contributed by atoms with E-state index in [2.05, 4.69) is 44.4 Å². The zero-order chi connectivity index (χ0) is 20.7. The summed E-state index contributed by atoms with van der Waals surface area (Å²) in [6.07, 6.45) is 2.48. The Balaban J connectivity index is 1.75. The van der Waals surface area contributed by atoms with Gasteiger partial charge in [0, 0.05) is 19.7 Å². The zero-order valence-corrected chi connectivity index (χ0v) is 17.6. The highest BCUT2D eigenvalue weighted by Gasteiger charge is 2.44. The lowest BCUT2D eigenvalue weighted by Gasteiger charge is -2.38. The van der Waals surface area contributed by atoms with Crippen molar-refractivity contribution in [3.63, 3.8) is 0 Å². The van der Waals surface area contributed by atoms with Crippen LogP contribution in [0.5, 0.6) is 0 Å². The summed E-state index contributed by atoms with van der Waals surface area (Å²) in [6.45, 7) is 8.14. The van der Waals surface area contributed by atoms with Gasteiger partial charge in [0.2, 0.25) is 0 Å². The molecule has 0 radical (unpaired) electrons. The van der Waals surface area contributed by atoms with Crippen molar-refractivity contribution >= 4 is 28.2 Å². The molecule has 28 heavy (non-hydrogen) atoms. The van der Waals surface area contributed by atoms with Gasteiger partial charge in [0.05, 0.1) is 16.0 Å². The first-order valence-corrected chi connectivity index (χ1v) is 9.87. The minimum absolute atomic E-state index is 0.0327. The van der Waals surface area contributed by atoms with E-state index in [-0.39, 0.29) is 11.1 Å². The van der Waals surface area contributed by atoms with Crippen LogP contribution in [0.4, 0.5) is 5.00 Å². The van der Waals surface area contributed by atoms with Crippen molar-refractivity contribution in [3.8, 4) is 6.07 Å². The van der Waals surface area contributed by atoms with Gasteiger partial charge in [0.25, 0.3) is 5.91 Å². The molecule has 1 aliphatic heterocycles. The second kappa shape index (κ2) is 7.08. The Kier molecular flexibility index (Phi) is 5.08. The number of hydrogen-bond donors (Lipinski definition) is 2. The summed E-state index contributed by atoms with van der Waals surface area (Å²) < 4.78 is 6.72. The summed E-state index contributed by atoms with van der Waals surface area (Å²) >= 11 is 1.43. The van der Waals surface area contributed by atoms with Gasteiger partial charge in [0.15, 0.2) is 6.61 Å². The predicted molar refractivity (Wildman–Crippen MR) is 106 cm³/mol. The van der Waals surface area contributed by atoms with E-state index in [0.29, 0.717) is 16.3 Å². The Morgan fingerprint density at radius 1 is 1.39 bits per heavy atom. The summed E-state index contributed by atoms with van der Waals surface area (Å²) in [5.74, 6) is -1.02. The summed E-state index contributed by atoms with van der Waals surface area (Å²) in [5.41, 5.74) is 1.67. The molecule has 7 nitrogen and oxygen atoms in total. The van der Waals surface area contributed by atoms with Crippen molar-refractivity contribution in [3.05, 3.63) is 40.0 Å². The molecule has 0 spiro atoms. The molecule has 0 fully saturated rings. The quantitative estimate of drug-likeness (QED) is 0.764. The van der Waals surface area contributed by atoms with Gasteiger partial charge in [-0.05, 0) is 45.4 Å². The smallest absolute Gasteiger partial charge is 0.355 e. The number of carbonyl (C=O) groups is 2. The van der Waals surface area contributed by atoms with E-state index in [0.717, 1.165) is 16.9 Å². The van der Waals surface area contributed by atoms with Crippen LogP contribution in [0.3, 0.4) is 0 Å². The van der Waals surface area contributed by atoms with Crippen molar-refractivity contribution in [1.82, 2.24) is 4.57 Å². The number of thiophene rings is 1. The number of carbonyl (C=O) groups excluding carboxylic acids is 2. The second-order valence-corrected chi connectivity index (χ2v) is 9.41. The number of nitriles is 1. The van der Waals surface area contributed by atoms with E-state index in [1.807, 2.05) is 0 Å². The Morgan fingerprint density at radius 3 is 2.71 bits per heavy atom. The monoisotopic (exact) mass is 401 g/mol. The van der Waals surface area contributed by atoms with E-state index in [1.165, 1.54) is 11.3 Å². The number of aryl methyl sites for hydroxylation is 1. The lowest BCUT2D eigenvalue weighted by atomic mass is 9.81. The van der Waals surface area contributed by atoms with Crippen LogP contribution in [0.25, 0.3) is 0 Å². The fourth-order valence-corrected chi connectivity index (χ4v) is 5.21. The number of amides is 1. The number of nitrogens with one attached hydrogen (secondary N) is 1. The Bertz CT molecular complexity index is 978. The topological polar surface area (TPSA) is 101 Å². The third-order valence-corrected chi connectivity index (χ3v) is 6.32. The average Bonchev–Trinajstić information content (AvgIpc) is 3.14. The first-order chi connectivity index (χ1) is 13.0. The highest BCUT2D eigenvalue weighted by molar-refractivity contribution is 7.16. The van der Waals surface area contributed by atoms with Gasteiger partial charge in [-0.2, -0.15) is 5.26 Å². The van der Waals surface area contributed by atoms with Gasteiger partial charge in [-0.15, -0.1) is 11.3 Å². The van der Waals surface area contributed by atoms with E-state index < -0.39 is 18.5 Å². The largest absolute Gasteiger partial charge is 0.451 e. The van der Waals surface area contributed by atoms with Crippen LogP contribution < -0.4 is 10.6 Å². The van der Waals surface area contributed by atoms with Gasteiger partial charge in [0.1, 0.15) is 22.3 Å². The number of anilines is 1. The van der Waals surface area contributed by atoms with Crippen molar-refractivity contribution in [2.75, 3.05) is 11.9 Å². The van der Waals surface area contributed by atoms with E-state index in [4.69, 9.17) is 4.74 Å². The van der Waals surface area contributed by atoms with E-state index in [1.54, 1.807) is 29.9 Å². The van der Waals surface area contributed by atoms with Crippen LogP contribution in [-0.2, 0) is 28.5 Å². The summed E-state index contributed by atoms with van der Waals surface area (Å²) in [6, 6.07) is 5.61. The van der Waals surface area contributed by atoms with Gasteiger partial charge in [-0.1, -0.05) is 0 Å². The first-order valence-electron chi connectivity index (χ1n) is 9.06. The normalized spacial score (nSPS) is 16.7. The van der Waals surface area contributed by atoms with Crippen LogP contribution >= 0.6 is 11.3 Å². The SMILES string of the molecule is Cn1cccc1C(=O)OCC(=O)Nc1sc2c(c1C#N)CC(C)(C)[NH2+]C2(C)C. The number of ether oxygens (including phenoxy) is 1. The van der Waals surface area contributed by atoms with E-state index in [9.17, 15) is 14.9 Å². The van der Waals surface area contributed by atoms with Crippen LogP contribution in [0, 0.1) is 11.3 Å². The molecule has 148 valence electrons. The Hall–Kier alpha value is -2.63. The minimum Gasteiger partial charge on any atom is -0.451 e. The molecule has 3 N–H and O–H groups in total. The Morgan fingerprint density at radius 2 is 2.11 bits per heavy atom. The summed E-state index contributed by atoms with van der Waals surface area (Å²) in [4.78, 5) is 25.5. The Labute approximate surface area is 168 Å². The lowest BCUT2D eigenvalue weighted by Crippen LogP contribution is -3.03. The molecule has 8 heteroatoms. The van der Waals surface area contributed by atoms with Crippen molar-refractivity contribution in [2.24, 2.45) is 7.05 Å². The molecular formula is C20H25N4O3S+. The number of nitrogens with two attached hydrogens (primary N) is 1. The predicted octanol–water partition coefficient (Wildman–Crippen LogP) is 1.89. The van der Waals surface area contributed by atoms with Gasteiger partial charge in [-0.25, -0.2) is 4.79 Å². The molecule has 0 unspecified atom stereocenters.